The van der Waals surface area contributed by atoms with Gasteiger partial charge in [-0.15, -0.1) is 0 Å². The molecule has 176 valence electrons. The summed E-state index contributed by atoms with van der Waals surface area (Å²) in [4.78, 5) is 17.0. The molecule has 2 aromatic carbocycles. The molecule has 2 aromatic heterocycles. The van der Waals surface area contributed by atoms with Gasteiger partial charge >= 0.3 is 0 Å². The van der Waals surface area contributed by atoms with Crippen LogP contribution in [0.5, 0.6) is 0 Å². The number of nitriles is 1. The zero-order chi connectivity index (χ0) is 23.9. The topological polar surface area (TPSA) is 79.9 Å². The first-order valence-electron chi connectivity index (χ1n) is 11.6. The third kappa shape index (κ3) is 6.27. The van der Waals surface area contributed by atoms with Crippen LogP contribution in [0.3, 0.4) is 0 Å². The minimum absolute atomic E-state index is 0.330. The molecule has 0 saturated carbocycles. The van der Waals surface area contributed by atoms with Crippen LogP contribution in [0, 0.1) is 11.3 Å². The molecule has 35 heavy (non-hydrogen) atoms. The first-order valence-corrected chi connectivity index (χ1v) is 12.4. The van der Waals surface area contributed by atoms with Crippen LogP contribution in [0.4, 0.5) is 5.69 Å². The van der Waals surface area contributed by atoms with E-state index in [1.54, 1.807) is 18.1 Å². The van der Waals surface area contributed by atoms with Gasteiger partial charge in [0.05, 0.1) is 37.7 Å². The van der Waals surface area contributed by atoms with Crippen LogP contribution in [0.2, 0.25) is 0 Å². The van der Waals surface area contributed by atoms with Crippen LogP contribution in [0.1, 0.15) is 22.6 Å². The third-order valence-electron chi connectivity index (χ3n) is 5.79. The Hall–Kier alpha value is -3.67. The summed E-state index contributed by atoms with van der Waals surface area (Å²) in [7, 11) is 0. The van der Waals surface area contributed by atoms with Crippen LogP contribution in [0.15, 0.2) is 83.2 Å². The fourth-order valence-electron chi connectivity index (χ4n) is 4.06. The highest BCUT2D eigenvalue weighted by Crippen LogP contribution is 2.27. The Morgan fingerprint density at radius 1 is 1.00 bits per heavy atom. The second-order valence-corrected chi connectivity index (χ2v) is 9.47. The Morgan fingerprint density at radius 3 is 2.69 bits per heavy atom. The molecule has 0 spiro atoms. The Labute approximate surface area is 209 Å². The first kappa shape index (κ1) is 23.1. The molecule has 5 rings (SSSR count). The van der Waals surface area contributed by atoms with Gasteiger partial charge in [0.2, 0.25) is 0 Å². The van der Waals surface area contributed by atoms with Crippen LogP contribution in [-0.4, -0.2) is 45.8 Å². The summed E-state index contributed by atoms with van der Waals surface area (Å²) in [5.41, 5.74) is 4.40. The van der Waals surface area contributed by atoms with Gasteiger partial charge < -0.3 is 14.2 Å². The van der Waals surface area contributed by atoms with Crippen LogP contribution >= 0.6 is 11.8 Å². The summed E-state index contributed by atoms with van der Waals surface area (Å²) in [5.74, 6) is 0.814. The number of nitrogens with zero attached hydrogens (tertiary/aromatic N) is 6. The number of hydrogen-bond donors (Lipinski definition) is 0. The molecule has 0 aliphatic carbocycles. The maximum Gasteiger partial charge on any atom is 0.133 e. The summed E-state index contributed by atoms with van der Waals surface area (Å²) in [6.45, 7) is 4.16. The van der Waals surface area contributed by atoms with Crippen molar-refractivity contribution < 1.29 is 4.74 Å². The largest absolute Gasteiger partial charge is 0.378 e. The highest BCUT2D eigenvalue weighted by molar-refractivity contribution is 7.99. The number of hydrogen-bond acceptors (Lipinski definition) is 7. The molecule has 0 unspecified atom stereocenters. The third-order valence-corrected chi connectivity index (χ3v) is 6.71. The summed E-state index contributed by atoms with van der Waals surface area (Å²) in [6, 6.07) is 21.2. The SMILES string of the molecule is N#CCc1cn(Cc2cccc(Sc3ccnc(Cc4ccc(N5CCOCC5)cc4)n3)c2)cn1. The van der Waals surface area contributed by atoms with Gasteiger partial charge in [0, 0.05) is 49.0 Å². The maximum absolute atomic E-state index is 8.84. The Morgan fingerprint density at radius 2 is 1.86 bits per heavy atom. The average Bonchev–Trinajstić information content (AvgIpc) is 3.32. The van der Waals surface area contributed by atoms with Gasteiger partial charge in [-0.1, -0.05) is 36.0 Å². The van der Waals surface area contributed by atoms with Gasteiger partial charge in [0.25, 0.3) is 0 Å². The van der Waals surface area contributed by atoms with Crippen molar-refractivity contribution >= 4 is 17.4 Å². The van der Waals surface area contributed by atoms with Gasteiger partial charge in [-0.05, 0) is 41.5 Å². The predicted molar refractivity (Wildman–Crippen MR) is 136 cm³/mol. The van der Waals surface area contributed by atoms with E-state index < -0.39 is 0 Å². The van der Waals surface area contributed by atoms with E-state index in [1.165, 1.54) is 16.8 Å². The maximum atomic E-state index is 8.84. The van der Waals surface area contributed by atoms with Gasteiger partial charge in [-0.25, -0.2) is 15.0 Å². The van der Waals surface area contributed by atoms with Crippen LogP contribution in [0.25, 0.3) is 0 Å². The lowest BCUT2D eigenvalue weighted by Gasteiger charge is -2.28. The van der Waals surface area contributed by atoms with Gasteiger partial charge in [-0.3, -0.25) is 0 Å². The predicted octanol–water partition coefficient (Wildman–Crippen LogP) is 4.37. The monoisotopic (exact) mass is 482 g/mol. The molecule has 7 nitrogen and oxygen atoms in total. The van der Waals surface area contributed by atoms with Gasteiger partial charge in [0.15, 0.2) is 0 Å². The van der Waals surface area contributed by atoms with E-state index in [2.05, 4.69) is 69.5 Å². The van der Waals surface area contributed by atoms with E-state index >= 15 is 0 Å². The lowest BCUT2D eigenvalue weighted by molar-refractivity contribution is 0.122. The van der Waals surface area contributed by atoms with Crippen molar-refractivity contribution in [3.8, 4) is 6.07 Å². The smallest absolute Gasteiger partial charge is 0.133 e. The fraction of sp³-hybridized carbons (Fsp3) is 0.259. The zero-order valence-electron chi connectivity index (χ0n) is 19.4. The molecule has 0 N–H and O–H groups in total. The molecule has 4 aromatic rings. The van der Waals surface area contributed by atoms with E-state index in [9.17, 15) is 0 Å². The molecule has 0 amide bonds. The fourth-order valence-corrected chi connectivity index (χ4v) is 4.93. The first-order chi connectivity index (χ1) is 17.2. The normalized spacial score (nSPS) is 13.5. The summed E-state index contributed by atoms with van der Waals surface area (Å²) in [5, 5.41) is 9.77. The number of morpholine rings is 1. The lowest BCUT2D eigenvalue weighted by atomic mass is 10.1. The molecular weight excluding hydrogens is 456 g/mol. The van der Waals surface area contributed by atoms with Crippen LogP contribution in [-0.2, 0) is 24.1 Å². The van der Waals surface area contributed by atoms with E-state index in [1.807, 2.05) is 23.0 Å². The van der Waals surface area contributed by atoms with E-state index in [4.69, 9.17) is 15.0 Å². The second kappa shape index (κ2) is 11.2. The summed E-state index contributed by atoms with van der Waals surface area (Å²) >= 11 is 1.63. The molecule has 1 aliphatic heterocycles. The molecule has 0 bridgehead atoms. The number of benzene rings is 2. The molecule has 1 saturated heterocycles. The zero-order valence-corrected chi connectivity index (χ0v) is 20.2. The van der Waals surface area contributed by atoms with E-state index in [0.29, 0.717) is 19.4 Å². The van der Waals surface area contributed by atoms with Crippen molar-refractivity contribution in [2.24, 2.45) is 0 Å². The molecule has 3 heterocycles. The quantitative estimate of drug-likeness (QED) is 0.345. The molecule has 0 radical (unpaired) electrons. The van der Waals surface area contributed by atoms with Gasteiger partial charge in [0.1, 0.15) is 10.9 Å². The lowest BCUT2D eigenvalue weighted by Crippen LogP contribution is -2.36. The summed E-state index contributed by atoms with van der Waals surface area (Å²) < 4.78 is 7.45. The van der Waals surface area contributed by atoms with E-state index in [-0.39, 0.29) is 0 Å². The van der Waals surface area contributed by atoms with E-state index in [0.717, 1.165) is 47.7 Å². The molecule has 0 atom stereocenters. The van der Waals surface area contributed by atoms with Crippen molar-refractivity contribution in [1.82, 2.24) is 19.5 Å². The molecule has 8 heteroatoms. The highest BCUT2D eigenvalue weighted by atomic mass is 32.2. The van der Waals surface area contributed by atoms with Crippen molar-refractivity contribution in [3.05, 3.63) is 96.0 Å². The minimum atomic E-state index is 0.330. The highest BCUT2D eigenvalue weighted by Gasteiger charge is 2.11. The second-order valence-electron chi connectivity index (χ2n) is 8.38. The molecule has 1 aliphatic rings. The van der Waals surface area contributed by atoms with Gasteiger partial charge in [-0.2, -0.15) is 5.26 Å². The Kier molecular flexibility index (Phi) is 7.37. The van der Waals surface area contributed by atoms with Crippen molar-refractivity contribution in [2.75, 3.05) is 31.2 Å². The van der Waals surface area contributed by atoms with Crippen molar-refractivity contribution in [2.45, 2.75) is 29.3 Å². The Balaban J connectivity index is 1.22. The number of aromatic nitrogens is 4. The number of imidazole rings is 1. The number of ether oxygens (including phenoxy) is 1. The summed E-state index contributed by atoms with van der Waals surface area (Å²) in [6.07, 6.45) is 6.56. The van der Waals surface area contributed by atoms with Crippen molar-refractivity contribution in [1.29, 1.82) is 5.26 Å². The minimum Gasteiger partial charge on any atom is -0.378 e. The number of anilines is 1. The molecule has 1 fully saturated rings. The standard InChI is InChI=1S/C27H26N6OS/c28-10-8-23-19-32(20-30-23)18-22-2-1-3-25(16-22)35-27-9-11-29-26(31-27)17-21-4-6-24(7-5-21)33-12-14-34-15-13-33/h1-7,9,11,16,19-20H,8,12-15,17-18H2. The number of rotatable bonds is 8. The Bertz CT molecular complexity index is 1310. The molecular formula is C27H26N6OS. The van der Waals surface area contributed by atoms with Crippen LogP contribution < -0.4 is 4.90 Å². The van der Waals surface area contributed by atoms with Crippen molar-refractivity contribution in [3.63, 3.8) is 0 Å². The average molecular weight is 483 g/mol.